The molecule has 12 heavy (non-hydrogen) atoms. The second kappa shape index (κ2) is 2.45. The van der Waals surface area contributed by atoms with Crippen molar-refractivity contribution in [3.63, 3.8) is 0 Å². The first-order chi connectivity index (χ1) is 5.68. The van der Waals surface area contributed by atoms with Crippen LogP contribution in [0.5, 0.6) is 0 Å². The molecule has 0 aliphatic heterocycles. The van der Waals surface area contributed by atoms with Crippen LogP contribution in [0.4, 0.5) is 0 Å². The fraction of sp³-hybridized carbons (Fsp3) is 0.143. The molecule has 0 unspecified atom stereocenters. The van der Waals surface area contributed by atoms with Gasteiger partial charge in [0.1, 0.15) is 0 Å². The second-order valence-electron chi connectivity index (χ2n) is 2.52. The predicted octanol–water partition coefficient (Wildman–Crippen LogP) is 1.02. The molecule has 0 aromatic carbocycles. The summed E-state index contributed by atoms with van der Waals surface area (Å²) in [6.07, 6.45) is 1.61. The maximum Gasteiger partial charge on any atom is 0.290 e. The molecule has 1 N–H and O–H groups in total. The summed E-state index contributed by atoms with van der Waals surface area (Å²) in [6.45, 7) is 0. The lowest BCUT2D eigenvalue weighted by molar-refractivity contribution is 0.783. The van der Waals surface area contributed by atoms with Crippen LogP contribution in [-0.2, 0) is 7.05 Å². The lowest BCUT2D eigenvalue weighted by Crippen LogP contribution is -2.01. The van der Waals surface area contributed by atoms with Crippen molar-refractivity contribution in [1.82, 2.24) is 14.8 Å². The Morgan fingerprint density at radius 3 is 3.17 bits per heavy atom. The summed E-state index contributed by atoms with van der Waals surface area (Å²) in [5.41, 5.74) is 1.12. The maximum atomic E-state index is 11.2. The first kappa shape index (κ1) is 7.54. The van der Waals surface area contributed by atoms with Crippen molar-refractivity contribution in [3.8, 4) is 0 Å². The van der Waals surface area contributed by atoms with Crippen LogP contribution in [0.15, 0.2) is 21.5 Å². The largest absolute Gasteiger partial charge is 0.290 e. The van der Waals surface area contributed by atoms with Crippen LogP contribution in [-0.4, -0.2) is 14.8 Å². The number of nitrogens with one attached hydrogen (secondary N) is 1. The minimum absolute atomic E-state index is 0.153. The number of hydrogen-bond donors (Lipinski definition) is 1. The molecule has 2 heterocycles. The molecule has 2 rings (SSSR count). The van der Waals surface area contributed by atoms with E-state index < -0.39 is 0 Å². The van der Waals surface area contributed by atoms with E-state index in [-0.39, 0.29) is 5.56 Å². The van der Waals surface area contributed by atoms with Crippen molar-refractivity contribution in [2.75, 3.05) is 0 Å². The second-order valence-corrected chi connectivity index (χ2v) is 3.44. The summed E-state index contributed by atoms with van der Waals surface area (Å²) in [6, 6.07) is 1.85. The molecule has 0 aliphatic rings. The Balaban J connectivity index is 3.00. The highest BCUT2D eigenvalue weighted by Crippen LogP contribution is 2.13. The third-order valence-electron chi connectivity index (χ3n) is 1.68. The minimum atomic E-state index is -0.153. The molecule has 62 valence electrons. The first-order valence-electron chi connectivity index (χ1n) is 3.39. The molecule has 5 heteroatoms. The Morgan fingerprint density at radius 2 is 2.42 bits per heavy atom. The van der Waals surface area contributed by atoms with E-state index >= 15 is 0 Å². The molecular weight excluding hydrogens is 222 g/mol. The highest BCUT2D eigenvalue weighted by molar-refractivity contribution is 9.10. The number of nitrogens with zero attached hydrogens (tertiary/aromatic N) is 2. The molecule has 2 aromatic heterocycles. The van der Waals surface area contributed by atoms with E-state index in [4.69, 9.17) is 0 Å². The first-order valence-corrected chi connectivity index (χ1v) is 4.18. The Kier molecular flexibility index (Phi) is 1.54. The Hall–Kier alpha value is -1.10. The van der Waals surface area contributed by atoms with Crippen molar-refractivity contribution in [2.24, 2.45) is 7.05 Å². The minimum Gasteiger partial charge on any atom is -0.286 e. The molecule has 0 fully saturated rings. The monoisotopic (exact) mass is 227 g/mol. The number of aromatic nitrogens is 3. The van der Waals surface area contributed by atoms with Gasteiger partial charge in [-0.05, 0) is 22.0 Å². The van der Waals surface area contributed by atoms with Crippen molar-refractivity contribution in [3.05, 3.63) is 27.1 Å². The van der Waals surface area contributed by atoms with Gasteiger partial charge in [-0.1, -0.05) is 0 Å². The van der Waals surface area contributed by atoms with Gasteiger partial charge in [0.15, 0.2) is 5.52 Å². The molecule has 0 saturated heterocycles. The SMILES string of the molecule is Cn1[nH]c(=O)c2ncc(Br)cc21. The van der Waals surface area contributed by atoms with Gasteiger partial charge in [0.05, 0.1) is 5.52 Å². The summed E-state index contributed by atoms with van der Waals surface area (Å²) in [5, 5.41) is 2.62. The van der Waals surface area contributed by atoms with E-state index in [9.17, 15) is 4.79 Å². The summed E-state index contributed by atoms with van der Waals surface area (Å²) in [7, 11) is 1.78. The third-order valence-corrected chi connectivity index (χ3v) is 2.11. The summed E-state index contributed by atoms with van der Waals surface area (Å²) in [4.78, 5) is 15.1. The van der Waals surface area contributed by atoms with Gasteiger partial charge in [0, 0.05) is 17.7 Å². The van der Waals surface area contributed by atoms with E-state index in [1.807, 2.05) is 6.07 Å². The Labute approximate surface area is 76.3 Å². The van der Waals surface area contributed by atoms with Gasteiger partial charge in [-0.2, -0.15) is 0 Å². The number of fused-ring (bicyclic) bond motifs is 1. The van der Waals surface area contributed by atoms with Gasteiger partial charge in [-0.15, -0.1) is 0 Å². The predicted molar refractivity (Wildman–Crippen MR) is 49.0 cm³/mol. The Bertz CT molecular complexity index is 485. The third kappa shape index (κ3) is 0.972. The van der Waals surface area contributed by atoms with Crippen LogP contribution in [0.25, 0.3) is 11.0 Å². The number of H-pyrrole nitrogens is 1. The van der Waals surface area contributed by atoms with Crippen molar-refractivity contribution in [2.45, 2.75) is 0 Å². The molecule has 4 nitrogen and oxygen atoms in total. The molecule has 2 aromatic rings. The van der Waals surface area contributed by atoms with E-state index in [0.717, 1.165) is 9.99 Å². The summed E-state index contributed by atoms with van der Waals surface area (Å²) < 4.78 is 2.51. The van der Waals surface area contributed by atoms with Crippen molar-refractivity contribution < 1.29 is 0 Å². The van der Waals surface area contributed by atoms with Crippen LogP contribution >= 0.6 is 15.9 Å². The number of aryl methyl sites for hydroxylation is 1. The fourth-order valence-electron chi connectivity index (χ4n) is 1.12. The highest BCUT2D eigenvalue weighted by atomic mass is 79.9. The van der Waals surface area contributed by atoms with Crippen LogP contribution in [0.2, 0.25) is 0 Å². The average molecular weight is 228 g/mol. The van der Waals surface area contributed by atoms with E-state index in [1.165, 1.54) is 0 Å². The van der Waals surface area contributed by atoms with Gasteiger partial charge in [-0.3, -0.25) is 14.6 Å². The number of hydrogen-bond acceptors (Lipinski definition) is 2. The topological polar surface area (TPSA) is 50.7 Å². The van der Waals surface area contributed by atoms with Crippen LogP contribution in [0.1, 0.15) is 0 Å². The lowest BCUT2D eigenvalue weighted by atomic mass is 10.4. The average Bonchev–Trinajstić information content (AvgIpc) is 2.28. The zero-order valence-electron chi connectivity index (χ0n) is 6.34. The van der Waals surface area contributed by atoms with Crippen molar-refractivity contribution >= 4 is 27.0 Å². The van der Waals surface area contributed by atoms with Gasteiger partial charge in [0.2, 0.25) is 0 Å². The number of pyridine rings is 1. The molecule has 0 aliphatic carbocycles. The highest BCUT2D eigenvalue weighted by Gasteiger charge is 2.04. The van der Waals surface area contributed by atoms with Crippen molar-refractivity contribution in [1.29, 1.82) is 0 Å². The quantitative estimate of drug-likeness (QED) is 0.731. The van der Waals surface area contributed by atoms with Gasteiger partial charge >= 0.3 is 0 Å². The normalized spacial score (nSPS) is 10.8. The molecule has 0 saturated carbocycles. The van der Waals surface area contributed by atoms with Gasteiger partial charge < -0.3 is 0 Å². The fourth-order valence-corrected chi connectivity index (χ4v) is 1.44. The van der Waals surface area contributed by atoms with E-state index in [2.05, 4.69) is 26.0 Å². The van der Waals surface area contributed by atoms with E-state index in [1.54, 1.807) is 17.9 Å². The zero-order valence-corrected chi connectivity index (χ0v) is 7.92. The smallest absolute Gasteiger partial charge is 0.286 e. The molecule has 0 radical (unpaired) electrons. The number of aromatic amines is 1. The Morgan fingerprint density at radius 1 is 1.67 bits per heavy atom. The van der Waals surface area contributed by atoms with Crippen LogP contribution < -0.4 is 5.56 Å². The molecule has 0 spiro atoms. The van der Waals surface area contributed by atoms with E-state index in [0.29, 0.717) is 5.52 Å². The zero-order chi connectivity index (χ0) is 8.72. The lowest BCUT2D eigenvalue weighted by Gasteiger charge is -1.93. The standard InChI is InChI=1S/C7H6BrN3O/c1-11-5-2-4(8)3-9-6(5)7(12)10-11/h2-3H,1H3,(H,10,12). The van der Waals surface area contributed by atoms with Gasteiger partial charge in [-0.25, -0.2) is 4.98 Å². The summed E-state index contributed by atoms with van der Waals surface area (Å²) >= 11 is 3.28. The molecule has 0 atom stereocenters. The number of halogens is 1. The van der Waals surface area contributed by atoms with Crippen LogP contribution in [0.3, 0.4) is 0 Å². The molecule has 0 bridgehead atoms. The maximum absolute atomic E-state index is 11.2. The molecule has 0 amide bonds. The summed E-state index contributed by atoms with van der Waals surface area (Å²) in [5.74, 6) is 0. The molecular formula is C7H6BrN3O. The number of rotatable bonds is 0. The van der Waals surface area contributed by atoms with Crippen LogP contribution in [0, 0.1) is 0 Å². The van der Waals surface area contributed by atoms with Gasteiger partial charge in [0.25, 0.3) is 5.56 Å².